The van der Waals surface area contributed by atoms with Gasteiger partial charge in [-0.05, 0) is 23.6 Å². The van der Waals surface area contributed by atoms with Crippen LogP contribution >= 0.6 is 0 Å². The summed E-state index contributed by atoms with van der Waals surface area (Å²) >= 11 is 0. The van der Waals surface area contributed by atoms with Gasteiger partial charge in [-0.25, -0.2) is 4.98 Å². The number of aryl methyl sites for hydroxylation is 1. The lowest BCUT2D eigenvalue weighted by molar-refractivity contribution is -0.140. The molecule has 27 heavy (non-hydrogen) atoms. The summed E-state index contributed by atoms with van der Waals surface area (Å²) in [6.07, 6.45) is 2.33. The molecule has 1 heterocycles. The van der Waals surface area contributed by atoms with Crippen LogP contribution in [0.2, 0.25) is 0 Å². The van der Waals surface area contributed by atoms with Crippen molar-refractivity contribution in [3.8, 4) is 28.4 Å². The van der Waals surface area contributed by atoms with E-state index in [9.17, 15) is 9.90 Å². The number of methoxy groups -OCH3 is 1. The van der Waals surface area contributed by atoms with Crippen LogP contribution in [0.1, 0.15) is 17.5 Å². The fourth-order valence-corrected chi connectivity index (χ4v) is 2.71. The van der Waals surface area contributed by atoms with Crippen molar-refractivity contribution in [1.82, 2.24) is 9.97 Å². The van der Waals surface area contributed by atoms with E-state index in [0.29, 0.717) is 23.4 Å². The predicted molar refractivity (Wildman–Crippen MR) is 102 cm³/mol. The highest BCUT2D eigenvalue weighted by molar-refractivity contribution is 5.95. The van der Waals surface area contributed by atoms with Gasteiger partial charge in [0.15, 0.2) is 0 Å². The number of carbonyl (C=O) groups is 1. The number of esters is 1. The molecular weight excluding hydrogens is 344 g/mol. The number of nitrogens with two attached hydrogens (primary N) is 1. The summed E-state index contributed by atoms with van der Waals surface area (Å²) in [5.74, 6) is 0.440. The third kappa shape index (κ3) is 4.14. The van der Waals surface area contributed by atoms with Crippen LogP contribution < -0.4 is 5.73 Å². The Bertz CT molecular complexity index is 977. The molecule has 3 rings (SSSR count). The number of nitrogen functional groups attached to an aromatic ring is 1. The van der Waals surface area contributed by atoms with E-state index in [4.69, 9.17) is 11.1 Å². The number of nitrogens with one attached hydrogen (secondary N) is 2. The summed E-state index contributed by atoms with van der Waals surface area (Å²) in [5, 5.41) is 17.7. The second-order valence-corrected chi connectivity index (χ2v) is 6.06. The topological polar surface area (TPSA) is 125 Å². The molecule has 138 valence electrons. The third-order valence-electron chi connectivity index (χ3n) is 4.27. The summed E-state index contributed by atoms with van der Waals surface area (Å²) in [6.45, 7) is 0. The van der Waals surface area contributed by atoms with E-state index in [1.807, 2.05) is 18.2 Å². The number of imidazole rings is 1. The summed E-state index contributed by atoms with van der Waals surface area (Å²) in [4.78, 5) is 18.8. The molecule has 0 amide bonds. The van der Waals surface area contributed by atoms with E-state index in [1.165, 1.54) is 7.11 Å². The van der Waals surface area contributed by atoms with Gasteiger partial charge in [0.2, 0.25) is 0 Å². The van der Waals surface area contributed by atoms with Crippen molar-refractivity contribution in [2.75, 3.05) is 7.11 Å². The van der Waals surface area contributed by atoms with Crippen LogP contribution in [-0.2, 0) is 16.0 Å². The molecule has 0 saturated heterocycles. The Labute approximate surface area is 156 Å². The molecule has 0 fully saturated rings. The van der Waals surface area contributed by atoms with Gasteiger partial charge < -0.3 is 20.6 Å². The molecule has 0 unspecified atom stereocenters. The van der Waals surface area contributed by atoms with Crippen LogP contribution in [0.5, 0.6) is 5.75 Å². The molecule has 2 aromatic carbocycles. The van der Waals surface area contributed by atoms with Crippen molar-refractivity contribution in [1.29, 1.82) is 5.41 Å². The SMILES string of the molecule is COC(=O)CCc1ccc(-c2ncc(-c3ccc(C(=N)N)cc3)[nH]2)cc1O. The maximum absolute atomic E-state index is 11.2. The first-order chi connectivity index (χ1) is 13.0. The number of rotatable bonds is 6. The minimum absolute atomic E-state index is 0.0228. The highest BCUT2D eigenvalue weighted by Crippen LogP contribution is 2.27. The van der Waals surface area contributed by atoms with Crippen molar-refractivity contribution >= 4 is 11.8 Å². The second-order valence-electron chi connectivity index (χ2n) is 6.06. The van der Waals surface area contributed by atoms with Crippen LogP contribution in [0.25, 0.3) is 22.6 Å². The molecule has 0 radical (unpaired) electrons. The highest BCUT2D eigenvalue weighted by atomic mass is 16.5. The van der Waals surface area contributed by atoms with Crippen molar-refractivity contribution in [3.63, 3.8) is 0 Å². The van der Waals surface area contributed by atoms with Gasteiger partial charge in [0.25, 0.3) is 0 Å². The summed E-state index contributed by atoms with van der Waals surface area (Å²) in [7, 11) is 1.34. The lowest BCUT2D eigenvalue weighted by Crippen LogP contribution is -2.10. The van der Waals surface area contributed by atoms with Gasteiger partial charge in [-0.2, -0.15) is 0 Å². The van der Waals surface area contributed by atoms with Crippen LogP contribution in [0.4, 0.5) is 0 Å². The smallest absolute Gasteiger partial charge is 0.305 e. The first kappa shape index (κ1) is 18.2. The average Bonchev–Trinajstić information content (AvgIpc) is 3.17. The number of amidine groups is 1. The molecule has 0 bridgehead atoms. The lowest BCUT2D eigenvalue weighted by Gasteiger charge is -2.06. The average molecular weight is 364 g/mol. The molecule has 1 aromatic heterocycles. The molecule has 0 spiro atoms. The van der Waals surface area contributed by atoms with Crippen LogP contribution in [0.15, 0.2) is 48.7 Å². The number of phenols is 1. The van der Waals surface area contributed by atoms with Crippen LogP contribution in [0.3, 0.4) is 0 Å². The fourth-order valence-electron chi connectivity index (χ4n) is 2.71. The molecule has 7 heteroatoms. The number of hydrogen-bond donors (Lipinski definition) is 4. The van der Waals surface area contributed by atoms with E-state index in [0.717, 1.165) is 16.8 Å². The summed E-state index contributed by atoms with van der Waals surface area (Å²) in [5.41, 5.74) is 9.27. The molecule has 0 atom stereocenters. The Morgan fingerprint density at radius 2 is 1.93 bits per heavy atom. The third-order valence-corrected chi connectivity index (χ3v) is 4.27. The zero-order valence-electron chi connectivity index (χ0n) is 14.8. The highest BCUT2D eigenvalue weighted by Gasteiger charge is 2.10. The molecule has 5 N–H and O–H groups in total. The largest absolute Gasteiger partial charge is 0.508 e. The second kappa shape index (κ2) is 7.74. The number of nitrogens with zero attached hydrogens (tertiary/aromatic N) is 1. The Hall–Kier alpha value is -3.61. The van der Waals surface area contributed by atoms with E-state index >= 15 is 0 Å². The molecule has 0 aliphatic carbocycles. The van der Waals surface area contributed by atoms with E-state index < -0.39 is 0 Å². The van der Waals surface area contributed by atoms with Crippen molar-refractivity contribution in [3.05, 3.63) is 59.8 Å². The lowest BCUT2D eigenvalue weighted by atomic mass is 10.1. The molecule has 0 aliphatic rings. The minimum Gasteiger partial charge on any atom is -0.508 e. The Morgan fingerprint density at radius 3 is 2.56 bits per heavy atom. The number of aromatic hydroxyl groups is 1. The van der Waals surface area contributed by atoms with E-state index in [1.54, 1.807) is 30.5 Å². The Kier molecular flexibility index (Phi) is 5.21. The van der Waals surface area contributed by atoms with Crippen molar-refractivity contribution in [2.45, 2.75) is 12.8 Å². The van der Waals surface area contributed by atoms with Crippen molar-refractivity contribution < 1.29 is 14.6 Å². The van der Waals surface area contributed by atoms with Crippen molar-refractivity contribution in [2.24, 2.45) is 5.73 Å². The van der Waals surface area contributed by atoms with Gasteiger partial charge in [-0.15, -0.1) is 0 Å². The zero-order valence-corrected chi connectivity index (χ0v) is 14.8. The Balaban J connectivity index is 1.78. The number of ether oxygens (including phenoxy) is 1. The quantitative estimate of drug-likeness (QED) is 0.304. The minimum atomic E-state index is -0.315. The predicted octanol–water partition coefficient (Wildman–Crippen LogP) is 2.84. The fraction of sp³-hybridized carbons (Fsp3) is 0.150. The molecule has 0 saturated carbocycles. The van der Waals surface area contributed by atoms with Crippen LogP contribution in [-0.4, -0.2) is 34.0 Å². The number of carbonyl (C=O) groups excluding carboxylic acids is 1. The summed E-state index contributed by atoms with van der Waals surface area (Å²) < 4.78 is 4.62. The van der Waals surface area contributed by atoms with E-state index in [2.05, 4.69) is 14.7 Å². The number of aromatic amines is 1. The maximum Gasteiger partial charge on any atom is 0.305 e. The normalized spacial score (nSPS) is 10.6. The molecule has 0 aliphatic heterocycles. The molecule has 7 nitrogen and oxygen atoms in total. The van der Waals surface area contributed by atoms with Gasteiger partial charge in [0.05, 0.1) is 19.0 Å². The number of benzene rings is 2. The maximum atomic E-state index is 11.2. The monoisotopic (exact) mass is 364 g/mol. The van der Waals surface area contributed by atoms with Gasteiger partial charge in [0.1, 0.15) is 17.4 Å². The summed E-state index contributed by atoms with van der Waals surface area (Å²) in [6, 6.07) is 12.5. The molecular formula is C20H20N4O3. The Morgan fingerprint density at radius 1 is 1.22 bits per heavy atom. The van der Waals surface area contributed by atoms with Gasteiger partial charge in [0, 0.05) is 17.5 Å². The van der Waals surface area contributed by atoms with Gasteiger partial charge in [-0.1, -0.05) is 36.4 Å². The standard InChI is InChI=1S/C20H20N4O3/c1-27-18(26)9-8-13-4-7-15(10-17(13)25)20-23-11-16(24-20)12-2-5-14(6-3-12)19(21)22/h2-7,10-11,25H,8-9H2,1H3,(H3,21,22)(H,23,24). The van der Waals surface area contributed by atoms with Gasteiger partial charge in [-0.3, -0.25) is 10.2 Å². The van der Waals surface area contributed by atoms with Gasteiger partial charge >= 0.3 is 5.97 Å². The number of phenolic OH excluding ortho intramolecular Hbond substituents is 1. The molecule has 3 aromatic rings. The number of H-pyrrole nitrogens is 1. The number of aromatic nitrogens is 2. The first-order valence-corrected chi connectivity index (χ1v) is 8.37. The van der Waals surface area contributed by atoms with Crippen LogP contribution in [0, 0.1) is 5.41 Å². The van der Waals surface area contributed by atoms with E-state index in [-0.39, 0.29) is 24.0 Å². The number of hydrogen-bond acceptors (Lipinski definition) is 5. The zero-order chi connectivity index (χ0) is 19.4. The first-order valence-electron chi connectivity index (χ1n) is 8.37.